The predicted molar refractivity (Wildman–Crippen MR) is 74.7 cm³/mol. The Hall–Kier alpha value is -2.04. The summed E-state index contributed by atoms with van der Waals surface area (Å²) in [6, 6.07) is 7.11. The number of anilines is 1. The second kappa shape index (κ2) is 5.94. The van der Waals surface area contributed by atoms with Gasteiger partial charge < -0.3 is 15.2 Å². The third-order valence-corrected chi connectivity index (χ3v) is 3.48. The molecule has 0 radical (unpaired) electrons. The van der Waals surface area contributed by atoms with Crippen LogP contribution < -0.4 is 10.1 Å². The first-order valence-corrected chi connectivity index (χ1v) is 6.81. The number of benzene rings is 1. The zero-order valence-corrected chi connectivity index (χ0v) is 11.6. The van der Waals surface area contributed by atoms with Crippen molar-refractivity contribution in [3.05, 3.63) is 24.3 Å². The minimum Gasteiger partial charge on any atom is -0.491 e. The second-order valence-electron chi connectivity index (χ2n) is 5.14. The topological polar surface area (TPSA) is 75.6 Å². The lowest BCUT2D eigenvalue weighted by Crippen LogP contribution is -2.16. The SMILES string of the molecule is CC[C@H](C)Oc1ccc(NC(=O)[C@H]2C[C@@H]2C(=O)O)cc1. The van der Waals surface area contributed by atoms with Crippen LogP contribution in [-0.4, -0.2) is 23.1 Å². The van der Waals surface area contributed by atoms with Crippen molar-refractivity contribution >= 4 is 17.6 Å². The molecule has 2 rings (SSSR count). The number of carboxylic acids is 1. The highest BCUT2D eigenvalue weighted by atomic mass is 16.5. The maximum absolute atomic E-state index is 11.8. The molecule has 20 heavy (non-hydrogen) atoms. The maximum atomic E-state index is 11.8. The molecule has 0 heterocycles. The maximum Gasteiger partial charge on any atom is 0.307 e. The van der Waals surface area contributed by atoms with Gasteiger partial charge in [0.15, 0.2) is 0 Å². The van der Waals surface area contributed by atoms with Gasteiger partial charge in [0.25, 0.3) is 0 Å². The molecule has 0 unspecified atom stereocenters. The van der Waals surface area contributed by atoms with Crippen LogP contribution in [0.2, 0.25) is 0 Å². The molecule has 1 amide bonds. The molecule has 108 valence electrons. The quantitative estimate of drug-likeness (QED) is 0.837. The molecule has 3 atom stereocenters. The van der Waals surface area contributed by atoms with Crippen LogP contribution in [0.4, 0.5) is 5.69 Å². The Morgan fingerprint density at radius 1 is 1.35 bits per heavy atom. The summed E-state index contributed by atoms with van der Waals surface area (Å²) < 4.78 is 5.64. The van der Waals surface area contributed by atoms with E-state index in [0.717, 1.165) is 12.2 Å². The lowest BCUT2D eigenvalue weighted by Gasteiger charge is -2.13. The number of ether oxygens (including phenoxy) is 1. The summed E-state index contributed by atoms with van der Waals surface area (Å²) in [5.41, 5.74) is 0.655. The fourth-order valence-electron chi connectivity index (χ4n) is 1.93. The van der Waals surface area contributed by atoms with Crippen molar-refractivity contribution in [2.75, 3.05) is 5.32 Å². The van der Waals surface area contributed by atoms with E-state index in [9.17, 15) is 9.59 Å². The Morgan fingerprint density at radius 3 is 2.50 bits per heavy atom. The zero-order chi connectivity index (χ0) is 14.7. The third-order valence-electron chi connectivity index (χ3n) is 3.48. The number of rotatable bonds is 6. The van der Waals surface area contributed by atoms with Crippen molar-refractivity contribution in [3.63, 3.8) is 0 Å². The van der Waals surface area contributed by atoms with Gasteiger partial charge in [-0.1, -0.05) is 6.92 Å². The number of carbonyl (C=O) groups excluding carboxylic acids is 1. The molecule has 0 spiro atoms. The van der Waals surface area contributed by atoms with Crippen molar-refractivity contribution < 1.29 is 19.4 Å². The average molecular weight is 277 g/mol. The van der Waals surface area contributed by atoms with Gasteiger partial charge in [-0.25, -0.2) is 0 Å². The van der Waals surface area contributed by atoms with Crippen LogP contribution in [0.25, 0.3) is 0 Å². The standard InChI is InChI=1S/C15H19NO4/c1-3-9(2)20-11-6-4-10(5-7-11)16-14(17)12-8-13(12)15(18)19/h4-7,9,12-13H,3,8H2,1-2H3,(H,16,17)(H,18,19)/t9-,12-,13-/m0/s1. The van der Waals surface area contributed by atoms with E-state index in [-0.39, 0.29) is 12.0 Å². The summed E-state index contributed by atoms with van der Waals surface area (Å²) in [6.07, 6.45) is 1.51. The molecule has 1 aliphatic rings. The van der Waals surface area contributed by atoms with Gasteiger partial charge in [-0.3, -0.25) is 9.59 Å². The summed E-state index contributed by atoms with van der Waals surface area (Å²) in [7, 11) is 0. The van der Waals surface area contributed by atoms with Crippen LogP contribution in [0.5, 0.6) is 5.75 Å². The molecule has 1 aliphatic carbocycles. The molecule has 0 saturated heterocycles. The molecule has 5 heteroatoms. The molecule has 0 aromatic heterocycles. The minimum absolute atomic E-state index is 0.151. The van der Waals surface area contributed by atoms with Gasteiger partial charge >= 0.3 is 5.97 Å². The number of amides is 1. The first kappa shape index (κ1) is 14.4. The van der Waals surface area contributed by atoms with Crippen molar-refractivity contribution in [1.29, 1.82) is 0 Å². The van der Waals surface area contributed by atoms with Crippen molar-refractivity contribution in [1.82, 2.24) is 0 Å². The summed E-state index contributed by atoms with van der Waals surface area (Å²) in [6.45, 7) is 4.04. The first-order chi connectivity index (χ1) is 9.51. The van der Waals surface area contributed by atoms with Gasteiger partial charge in [-0.15, -0.1) is 0 Å². The summed E-state index contributed by atoms with van der Waals surface area (Å²) in [5, 5.41) is 11.5. The molecular weight excluding hydrogens is 258 g/mol. The highest BCUT2D eigenvalue weighted by molar-refractivity contribution is 5.98. The van der Waals surface area contributed by atoms with Gasteiger partial charge in [-0.05, 0) is 44.0 Å². The van der Waals surface area contributed by atoms with Crippen molar-refractivity contribution in [2.45, 2.75) is 32.8 Å². The Labute approximate surface area is 117 Å². The molecule has 1 aromatic rings. The molecule has 0 bridgehead atoms. The van der Waals surface area contributed by atoms with Crippen LogP contribution in [-0.2, 0) is 9.59 Å². The Morgan fingerprint density at radius 2 is 2.00 bits per heavy atom. The summed E-state index contributed by atoms with van der Waals surface area (Å²) in [4.78, 5) is 22.5. The zero-order valence-electron chi connectivity index (χ0n) is 11.6. The van der Waals surface area contributed by atoms with E-state index in [1.54, 1.807) is 24.3 Å². The van der Waals surface area contributed by atoms with Crippen LogP contribution in [0.1, 0.15) is 26.7 Å². The highest BCUT2D eigenvalue weighted by Crippen LogP contribution is 2.39. The number of carbonyl (C=O) groups is 2. The Bertz CT molecular complexity index is 497. The van der Waals surface area contributed by atoms with E-state index in [4.69, 9.17) is 9.84 Å². The average Bonchev–Trinajstić information content (AvgIpc) is 3.21. The van der Waals surface area contributed by atoms with Crippen LogP contribution in [0.15, 0.2) is 24.3 Å². The van der Waals surface area contributed by atoms with Gasteiger partial charge in [0.05, 0.1) is 17.9 Å². The summed E-state index contributed by atoms with van der Waals surface area (Å²) in [5.74, 6) is -1.30. The predicted octanol–water partition coefficient (Wildman–Crippen LogP) is 2.52. The van der Waals surface area contributed by atoms with Crippen molar-refractivity contribution in [2.24, 2.45) is 11.8 Å². The fraction of sp³-hybridized carbons (Fsp3) is 0.467. The highest BCUT2D eigenvalue weighted by Gasteiger charge is 2.48. The molecule has 2 N–H and O–H groups in total. The van der Waals surface area contributed by atoms with Gasteiger partial charge in [0, 0.05) is 5.69 Å². The molecule has 1 fully saturated rings. The number of aliphatic carboxylic acids is 1. The van der Waals surface area contributed by atoms with Crippen LogP contribution in [0.3, 0.4) is 0 Å². The van der Waals surface area contributed by atoms with Gasteiger partial charge in [-0.2, -0.15) is 0 Å². The Kier molecular flexibility index (Phi) is 4.27. The van der Waals surface area contributed by atoms with E-state index < -0.39 is 17.8 Å². The monoisotopic (exact) mass is 277 g/mol. The van der Waals surface area contributed by atoms with E-state index in [0.29, 0.717) is 12.1 Å². The fourth-order valence-corrected chi connectivity index (χ4v) is 1.93. The van der Waals surface area contributed by atoms with Gasteiger partial charge in [0.1, 0.15) is 5.75 Å². The number of hydrogen-bond donors (Lipinski definition) is 2. The van der Waals surface area contributed by atoms with Crippen LogP contribution >= 0.6 is 0 Å². The lowest BCUT2D eigenvalue weighted by molar-refractivity contribution is -0.139. The van der Waals surface area contributed by atoms with E-state index >= 15 is 0 Å². The number of carboxylic acid groups (broad SMARTS) is 1. The van der Waals surface area contributed by atoms with Crippen molar-refractivity contribution in [3.8, 4) is 5.75 Å². The molecule has 5 nitrogen and oxygen atoms in total. The van der Waals surface area contributed by atoms with E-state index in [2.05, 4.69) is 5.32 Å². The van der Waals surface area contributed by atoms with E-state index in [1.807, 2.05) is 13.8 Å². The van der Waals surface area contributed by atoms with Crippen LogP contribution in [0, 0.1) is 11.8 Å². The molecule has 1 aromatic carbocycles. The third kappa shape index (κ3) is 3.50. The lowest BCUT2D eigenvalue weighted by atomic mass is 10.2. The largest absolute Gasteiger partial charge is 0.491 e. The summed E-state index contributed by atoms with van der Waals surface area (Å²) >= 11 is 0. The second-order valence-corrected chi connectivity index (χ2v) is 5.14. The molecular formula is C15H19NO4. The Balaban J connectivity index is 1.88. The first-order valence-electron chi connectivity index (χ1n) is 6.81. The number of nitrogens with one attached hydrogen (secondary N) is 1. The van der Waals surface area contributed by atoms with Gasteiger partial charge in [0.2, 0.25) is 5.91 Å². The smallest absolute Gasteiger partial charge is 0.307 e. The minimum atomic E-state index is -0.901. The molecule has 1 saturated carbocycles. The normalized spacial score (nSPS) is 21.9. The molecule has 0 aliphatic heterocycles. The number of hydrogen-bond acceptors (Lipinski definition) is 3. The van der Waals surface area contributed by atoms with E-state index in [1.165, 1.54) is 0 Å².